The first-order valence-electron chi connectivity index (χ1n) is 9.41. The molecular weight excluding hydrogens is 368 g/mol. The average Bonchev–Trinajstić information content (AvgIpc) is 2.72. The highest BCUT2D eigenvalue weighted by atomic mass is 19.1. The Morgan fingerprint density at radius 1 is 0.759 bits per heavy atom. The van der Waals surface area contributed by atoms with E-state index in [1.807, 2.05) is 36.4 Å². The third-order valence-corrected chi connectivity index (χ3v) is 4.78. The molecule has 4 heteroatoms. The highest BCUT2D eigenvalue weighted by molar-refractivity contribution is 5.36. The molecule has 0 aromatic heterocycles. The van der Waals surface area contributed by atoms with Crippen molar-refractivity contribution in [2.45, 2.75) is 25.7 Å². The van der Waals surface area contributed by atoms with Crippen LogP contribution in [0.2, 0.25) is 0 Å². The van der Waals surface area contributed by atoms with Crippen LogP contribution in [0, 0.1) is 23.0 Å². The molecule has 146 valence electrons. The molecule has 0 heterocycles. The number of hydrogen-bond acceptors (Lipinski definition) is 2. The van der Waals surface area contributed by atoms with E-state index in [0.29, 0.717) is 18.4 Å². The smallest absolute Gasteiger partial charge is 0.144 e. The lowest BCUT2D eigenvalue weighted by atomic mass is 9.99. The predicted molar refractivity (Wildman–Crippen MR) is 110 cm³/mol. The lowest BCUT2D eigenvalue weighted by molar-refractivity contribution is 0.483. The molecule has 0 N–H and O–H groups in total. The van der Waals surface area contributed by atoms with Gasteiger partial charge in [0.25, 0.3) is 0 Å². The molecule has 0 aliphatic rings. The Labute approximate surface area is 169 Å². The minimum atomic E-state index is -0.804. The molecule has 0 aliphatic heterocycles. The average molecular weight is 389 g/mol. The first kappa shape index (κ1) is 20.3. The summed E-state index contributed by atoms with van der Waals surface area (Å²) < 4.78 is 32.6. The van der Waals surface area contributed by atoms with E-state index in [1.54, 1.807) is 6.07 Å². The van der Waals surface area contributed by atoms with E-state index in [-0.39, 0.29) is 0 Å². The summed E-state index contributed by atoms with van der Waals surface area (Å²) in [5, 5.41) is 8.74. The van der Waals surface area contributed by atoms with Gasteiger partial charge in [0.05, 0.1) is 6.26 Å². The Bertz CT molecular complexity index is 995. The van der Waals surface area contributed by atoms with Crippen LogP contribution >= 0.6 is 0 Å². The van der Waals surface area contributed by atoms with Crippen molar-refractivity contribution < 1.29 is 13.5 Å². The molecule has 0 unspecified atom stereocenters. The van der Waals surface area contributed by atoms with Gasteiger partial charge < -0.3 is 4.74 Å². The topological polar surface area (TPSA) is 33.0 Å². The fraction of sp³-hybridized carbons (Fsp3) is 0.160. The molecule has 3 aromatic rings. The lowest BCUT2D eigenvalue weighted by Gasteiger charge is -2.07. The Kier molecular flexibility index (Phi) is 6.76. The van der Waals surface area contributed by atoms with Gasteiger partial charge in [-0.2, -0.15) is 5.26 Å². The minimum absolute atomic E-state index is 0.512. The van der Waals surface area contributed by atoms with Crippen LogP contribution in [0.4, 0.5) is 8.78 Å². The predicted octanol–water partition coefficient (Wildman–Crippen LogP) is 5.93. The Hall–Kier alpha value is -3.45. The lowest BCUT2D eigenvalue weighted by Crippen LogP contribution is -1.98. The second-order valence-electron chi connectivity index (χ2n) is 6.79. The highest BCUT2D eigenvalue weighted by Gasteiger charge is 2.10. The van der Waals surface area contributed by atoms with Crippen molar-refractivity contribution in [3.05, 3.63) is 113 Å². The van der Waals surface area contributed by atoms with Crippen LogP contribution in [0.1, 0.15) is 27.8 Å². The molecule has 29 heavy (non-hydrogen) atoms. The Balaban J connectivity index is 1.53. The fourth-order valence-corrected chi connectivity index (χ4v) is 3.16. The minimum Gasteiger partial charge on any atom is -0.466 e. The van der Waals surface area contributed by atoms with Crippen LogP contribution in [-0.4, -0.2) is 0 Å². The molecular formula is C25H21F2NO. The SMILES string of the molecule is C=COc1ccc(CCc2ccc(CCc3cc(F)c(C#N)c(F)c3)cc2)cc1. The first-order chi connectivity index (χ1) is 14.1. The third kappa shape index (κ3) is 5.52. The van der Waals surface area contributed by atoms with Crippen molar-refractivity contribution in [3.63, 3.8) is 0 Å². The zero-order chi connectivity index (χ0) is 20.6. The summed E-state index contributed by atoms with van der Waals surface area (Å²) in [6.07, 6.45) is 4.45. The second-order valence-corrected chi connectivity index (χ2v) is 6.79. The molecule has 0 radical (unpaired) electrons. The fourth-order valence-electron chi connectivity index (χ4n) is 3.16. The zero-order valence-electron chi connectivity index (χ0n) is 16.0. The molecule has 0 fully saturated rings. The number of nitrogens with zero attached hydrogens (tertiary/aromatic N) is 1. The Morgan fingerprint density at radius 2 is 1.17 bits per heavy atom. The van der Waals surface area contributed by atoms with Gasteiger partial charge in [0.1, 0.15) is 29.0 Å². The van der Waals surface area contributed by atoms with Crippen LogP contribution in [0.5, 0.6) is 5.75 Å². The molecule has 0 saturated heterocycles. The number of benzene rings is 3. The summed E-state index contributed by atoms with van der Waals surface area (Å²) in [6, 6.07) is 20.2. The van der Waals surface area contributed by atoms with E-state index in [4.69, 9.17) is 10.00 Å². The number of aryl methyl sites for hydroxylation is 4. The van der Waals surface area contributed by atoms with Gasteiger partial charge >= 0.3 is 0 Å². The molecule has 2 nitrogen and oxygen atoms in total. The van der Waals surface area contributed by atoms with Crippen molar-refractivity contribution in [1.29, 1.82) is 5.26 Å². The monoisotopic (exact) mass is 389 g/mol. The molecule has 0 aliphatic carbocycles. The molecule has 0 bridgehead atoms. The van der Waals surface area contributed by atoms with Crippen molar-refractivity contribution in [3.8, 4) is 11.8 Å². The summed E-state index contributed by atoms with van der Waals surface area (Å²) in [4.78, 5) is 0. The van der Waals surface area contributed by atoms with Gasteiger partial charge in [0, 0.05) is 0 Å². The maximum atomic E-state index is 13.7. The zero-order valence-corrected chi connectivity index (χ0v) is 16.0. The number of hydrogen-bond donors (Lipinski definition) is 0. The molecule has 0 amide bonds. The molecule has 0 atom stereocenters. The molecule has 3 aromatic carbocycles. The van der Waals surface area contributed by atoms with Crippen molar-refractivity contribution in [1.82, 2.24) is 0 Å². The summed E-state index contributed by atoms with van der Waals surface area (Å²) in [6.45, 7) is 3.54. The Morgan fingerprint density at radius 3 is 1.59 bits per heavy atom. The maximum Gasteiger partial charge on any atom is 0.144 e. The van der Waals surface area contributed by atoms with E-state index in [1.165, 1.54) is 29.5 Å². The van der Waals surface area contributed by atoms with Crippen molar-refractivity contribution in [2.75, 3.05) is 0 Å². The summed E-state index contributed by atoms with van der Waals surface area (Å²) in [5.41, 5.74) is 3.59. The number of rotatable bonds is 8. The quantitative estimate of drug-likeness (QED) is 0.448. The number of ether oxygens (including phenoxy) is 1. The largest absolute Gasteiger partial charge is 0.466 e. The van der Waals surface area contributed by atoms with Gasteiger partial charge in [0.15, 0.2) is 0 Å². The van der Waals surface area contributed by atoms with Crippen LogP contribution < -0.4 is 4.74 Å². The standard InChI is InChI=1S/C25H21F2NO/c1-2-29-22-13-11-20(12-14-22)8-7-18-3-5-19(6-4-18)9-10-21-15-24(26)23(17-28)25(27)16-21/h2-6,11-16H,1,7-10H2. The highest BCUT2D eigenvalue weighted by Crippen LogP contribution is 2.18. The van der Waals surface area contributed by atoms with Crippen LogP contribution in [0.15, 0.2) is 73.5 Å². The molecule has 0 saturated carbocycles. The summed E-state index contributed by atoms with van der Waals surface area (Å²) in [5.74, 6) is -0.834. The first-order valence-corrected chi connectivity index (χ1v) is 9.41. The van der Waals surface area contributed by atoms with Crippen LogP contribution in [-0.2, 0) is 25.7 Å². The van der Waals surface area contributed by atoms with Gasteiger partial charge in [-0.1, -0.05) is 43.0 Å². The van der Waals surface area contributed by atoms with Gasteiger partial charge in [-0.05, 0) is 72.2 Å². The summed E-state index contributed by atoms with van der Waals surface area (Å²) >= 11 is 0. The van der Waals surface area contributed by atoms with Crippen LogP contribution in [0.3, 0.4) is 0 Å². The van der Waals surface area contributed by atoms with Gasteiger partial charge in [0.2, 0.25) is 0 Å². The van der Waals surface area contributed by atoms with E-state index in [9.17, 15) is 8.78 Å². The third-order valence-electron chi connectivity index (χ3n) is 4.78. The van der Waals surface area contributed by atoms with E-state index in [2.05, 4.69) is 18.7 Å². The van der Waals surface area contributed by atoms with E-state index in [0.717, 1.165) is 24.2 Å². The molecule has 3 rings (SSSR count). The normalized spacial score (nSPS) is 10.4. The molecule has 0 spiro atoms. The number of halogens is 2. The van der Waals surface area contributed by atoms with Gasteiger partial charge in [-0.15, -0.1) is 0 Å². The second kappa shape index (κ2) is 9.66. The maximum absolute atomic E-state index is 13.7. The van der Waals surface area contributed by atoms with E-state index >= 15 is 0 Å². The van der Waals surface area contributed by atoms with Gasteiger partial charge in [-0.25, -0.2) is 8.78 Å². The van der Waals surface area contributed by atoms with Crippen molar-refractivity contribution in [2.24, 2.45) is 0 Å². The van der Waals surface area contributed by atoms with Gasteiger partial charge in [-0.3, -0.25) is 0 Å². The summed E-state index contributed by atoms with van der Waals surface area (Å²) in [7, 11) is 0. The van der Waals surface area contributed by atoms with Crippen molar-refractivity contribution >= 4 is 0 Å². The van der Waals surface area contributed by atoms with Crippen LogP contribution in [0.25, 0.3) is 0 Å². The number of nitriles is 1. The van der Waals surface area contributed by atoms with E-state index < -0.39 is 17.2 Å².